The summed E-state index contributed by atoms with van der Waals surface area (Å²) in [6.07, 6.45) is 2.48. The highest BCUT2D eigenvalue weighted by Crippen LogP contribution is 2.36. The molecule has 0 heterocycles. The first-order chi connectivity index (χ1) is 9.33. The van der Waals surface area contributed by atoms with Crippen molar-refractivity contribution in [1.29, 1.82) is 0 Å². The van der Waals surface area contributed by atoms with Gasteiger partial charge in [0, 0.05) is 19.7 Å². The SMILES string of the molecule is COCCOCCNC1CCC(C)c2ccccc21. The van der Waals surface area contributed by atoms with E-state index >= 15 is 0 Å². The standard InChI is InChI=1S/C16H25NO2/c1-13-7-8-16(15-6-4-3-5-14(13)15)17-9-10-19-12-11-18-2/h3-6,13,16-17H,7-12H2,1-2H3. The Balaban J connectivity index is 1.80. The predicted octanol–water partition coefficient (Wildman–Crippen LogP) is 2.88. The van der Waals surface area contributed by atoms with Gasteiger partial charge in [0.25, 0.3) is 0 Å². The van der Waals surface area contributed by atoms with Crippen molar-refractivity contribution in [1.82, 2.24) is 5.32 Å². The lowest BCUT2D eigenvalue weighted by Crippen LogP contribution is -2.29. The Morgan fingerprint density at radius 1 is 1.11 bits per heavy atom. The topological polar surface area (TPSA) is 30.5 Å². The second-order valence-corrected chi connectivity index (χ2v) is 5.22. The Labute approximate surface area is 116 Å². The number of benzene rings is 1. The number of fused-ring (bicyclic) bond motifs is 1. The first-order valence-corrected chi connectivity index (χ1v) is 7.22. The van der Waals surface area contributed by atoms with E-state index < -0.39 is 0 Å². The Hall–Kier alpha value is -0.900. The van der Waals surface area contributed by atoms with Crippen LogP contribution in [0.4, 0.5) is 0 Å². The van der Waals surface area contributed by atoms with E-state index in [1.54, 1.807) is 7.11 Å². The highest BCUT2D eigenvalue weighted by atomic mass is 16.5. The van der Waals surface area contributed by atoms with Crippen LogP contribution < -0.4 is 5.32 Å². The molecule has 0 aromatic heterocycles. The molecule has 106 valence electrons. The van der Waals surface area contributed by atoms with Crippen LogP contribution >= 0.6 is 0 Å². The highest BCUT2D eigenvalue weighted by Gasteiger charge is 2.23. The maximum Gasteiger partial charge on any atom is 0.0700 e. The molecule has 1 aromatic carbocycles. The van der Waals surface area contributed by atoms with Gasteiger partial charge in [0.2, 0.25) is 0 Å². The minimum absolute atomic E-state index is 0.485. The maximum atomic E-state index is 5.49. The van der Waals surface area contributed by atoms with Crippen molar-refractivity contribution in [3.8, 4) is 0 Å². The number of hydrogen-bond acceptors (Lipinski definition) is 3. The fraction of sp³-hybridized carbons (Fsp3) is 0.625. The van der Waals surface area contributed by atoms with Gasteiger partial charge in [-0.3, -0.25) is 0 Å². The second kappa shape index (κ2) is 7.63. The Morgan fingerprint density at radius 2 is 1.89 bits per heavy atom. The van der Waals surface area contributed by atoms with Gasteiger partial charge < -0.3 is 14.8 Å². The van der Waals surface area contributed by atoms with Crippen LogP contribution in [0, 0.1) is 0 Å². The third-order valence-corrected chi connectivity index (χ3v) is 3.86. The fourth-order valence-corrected chi connectivity index (χ4v) is 2.77. The zero-order chi connectivity index (χ0) is 13.5. The van der Waals surface area contributed by atoms with Gasteiger partial charge >= 0.3 is 0 Å². The normalized spacial score (nSPS) is 22.2. The minimum atomic E-state index is 0.485. The van der Waals surface area contributed by atoms with E-state index in [4.69, 9.17) is 9.47 Å². The molecule has 1 aromatic rings. The summed E-state index contributed by atoms with van der Waals surface area (Å²) in [6, 6.07) is 9.29. The molecule has 0 aliphatic heterocycles. The minimum Gasteiger partial charge on any atom is -0.382 e. The van der Waals surface area contributed by atoms with Crippen molar-refractivity contribution in [3.63, 3.8) is 0 Å². The van der Waals surface area contributed by atoms with E-state index in [1.165, 1.54) is 24.0 Å². The molecule has 2 atom stereocenters. The third-order valence-electron chi connectivity index (χ3n) is 3.86. The summed E-state index contributed by atoms with van der Waals surface area (Å²) < 4.78 is 10.4. The molecule has 3 nitrogen and oxygen atoms in total. The van der Waals surface area contributed by atoms with Crippen LogP contribution in [0.25, 0.3) is 0 Å². The van der Waals surface area contributed by atoms with Gasteiger partial charge in [0.05, 0.1) is 19.8 Å². The van der Waals surface area contributed by atoms with Gasteiger partial charge in [-0.2, -0.15) is 0 Å². The summed E-state index contributed by atoms with van der Waals surface area (Å²) in [6.45, 7) is 5.32. The molecule has 0 spiro atoms. The maximum absolute atomic E-state index is 5.49. The van der Waals surface area contributed by atoms with Crippen LogP contribution in [0.1, 0.15) is 42.9 Å². The summed E-state index contributed by atoms with van der Waals surface area (Å²) >= 11 is 0. The molecule has 3 heteroatoms. The average molecular weight is 263 g/mol. The highest BCUT2D eigenvalue weighted by molar-refractivity contribution is 5.34. The molecule has 0 radical (unpaired) electrons. The average Bonchev–Trinajstić information content (AvgIpc) is 2.45. The summed E-state index contributed by atoms with van der Waals surface area (Å²) in [5, 5.41) is 3.61. The van der Waals surface area contributed by atoms with E-state index in [9.17, 15) is 0 Å². The summed E-state index contributed by atoms with van der Waals surface area (Å²) in [7, 11) is 1.70. The Morgan fingerprint density at radius 3 is 2.68 bits per heavy atom. The zero-order valence-electron chi connectivity index (χ0n) is 12.0. The van der Waals surface area contributed by atoms with Crippen LogP contribution in [-0.2, 0) is 9.47 Å². The Bertz CT molecular complexity index is 381. The number of nitrogens with one attached hydrogen (secondary N) is 1. The van der Waals surface area contributed by atoms with Crippen molar-refractivity contribution in [2.75, 3.05) is 33.5 Å². The van der Waals surface area contributed by atoms with Crippen molar-refractivity contribution in [2.45, 2.75) is 31.7 Å². The molecule has 1 aliphatic carbocycles. The van der Waals surface area contributed by atoms with Gasteiger partial charge in [-0.25, -0.2) is 0 Å². The molecular formula is C16H25NO2. The fourth-order valence-electron chi connectivity index (χ4n) is 2.77. The number of methoxy groups -OCH3 is 1. The lowest BCUT2D eigenvalue weighted by atomic mass is 9.81. The van der Waals surface area contributed by atoms with E-state index in [2.05, 4.69) is 36.5 Å². The molecule has 1 N–H and O–H groups in total. The van der Waals surface area contributed by atoms with Crippen molar-refractivity contribution in [3.05, 3.63) is 35.4 Å². The number of rotatable bonds is 7. The molecule has 1 aliphatic rings. The van der Waals surface area contributed by atoms with Gasteiger partial charge in [-0.1, -0.05) is 31.2 Å². The monoisotopic (exact) mass is 263 g/mol. The quantitative estimate of drug-likeness (QED) is 0.767. The van der Waals surface area contributed by atoms with Crippen LogP contribution in [0.2, 0.25) is 0 Å². The van der Waals surface area contributed by atoms with Crippen LogP contribution in [0.3, 0.4) is 0 Å². The lowest BCUT2D eigenvalue weighted by molar-refractivity contribution is 0.0708. The molecule has 0 saturated heterocycles. The number of ether oxygens (including phenoxy) is 2. The molecular weight excluding hydrogens is 238 g/mol. The molecule has 0 saturated carbocycles. The Kier molecular flexibility index (Phi) is 5.83. The zero-order valence-corrected chi connectivity index (χ0v) is 12.0. The lowest BCUT2D eigenvalue weighted by Gasteiger charge is -2.30. The van der Waals surface area contributed by atoms with Crippen LogP contribution in [0.5, 0.6) is 0 Å². The first-order valence-electron chi connectivity index (χ1n) is 7.22. The molecule has 2 unspecified atom stereocenters. The molecule has 2 rings (SSSR count). The van der Waals surface area contributed by atoms with Crippen LogP contribution in [-0.4, -0.2) is 33.5 Å². The molecule has 0 fully saturated rings. The smallest absolute Gasteiger partial charge is 0.0700 e. The van der Waals surface area contributed by atoms with Gasteiger partial charge in [0.1, 0.15) is 0 Å². The van der Waals surface area contributed by atoms with Gasteiger partial charge in [-0.15, -0.1) is 0 Å². The molecule has 0 amide bonds. The summed E-state index contributed by atoms with van der Waals surface area (Å²) in [5.74, 6) is 0.687. The van der Waals surface area contributed by atoms with Gasteiger partial charge in [0.15, 0.2) is 0 Å². The second-order valence-electron chi connectivity index (χ2n) is 5.22. The van der Waals surface area contributed by atoms with Crippen LogP contribution in [0.15, 0.2) is 24.3 Å². The van der Waals surface area contributed by atoms with Gasteiger partial charge in [-0.05, 0) is 29.9 Å². The predicted molar refractivity (Wildman–Crippen MR) is 77.5 cm³/mol. The van der Waals surface area contributed by atoms with E-state index in [-0.39, 0.29) is 0 Å². The van der Waals surface area contributed by atoms with Crippen molar-refractivity contribution < 1.29 is 9.47 Å². The first kappa shape index (κ1) is 14.5. The van der Waals surface area contributed by atoms with Crippen molar-refractivity contribution in [2.24, 2.45) is 0 Å². The van der Waals surface area contributed by atoms with E-state index in [0.717, 1.165) is 13.2 Å². The van der Waals surface area contributed by atoms with E-state index in [1.807, 2.05) is 0 Å². The number of hydrogen-bond donors (Lipinski definition) is 1. The summed E-state index contributed by atoms with van der Waals surface area (Å²) in [4.78, 5) is 0. The van der Waals surface area contributed by atoms with E-state index in [0.29, 0.717) is 25.2 Å². The summed E-state index contributed by atoms with van der Waals surface area (Å²) in [5.41, 5.74) is 2.98. The molecule has 0 bridgehead atoms. The third kappa shape index (κ3) is 4.03. The van der Waals surface area contributed by atoms with Crippen molar-refractivity contribution >= 4 is 0 Å². The largest absolute Gasteiger partial charge is 0.382 e. The molecule has 19 heavy (non-hydrogen) atoms.